The average molecular weight is 287 g/mol. The van der Waals surface area contributed by atoms with Crippen LogP contribution in [-0.2, 0) is 15.3 Å². The molecular weight excluding hydrogens is 270 g/mol. The normalized spacial score (nSPS) is 10.3. The van der Waals surface area contributed by atoms with Crippen molar-refractivity contribution in [3.63, 3.8) is 0 Å². The predicted molar refractivity (Wildman–Crippen MR) is 75.0 cm³/mol. The van der Waals surface area contributed by atoms with Crippen LogP contribution in [0, 0.1) is 0 Å². The van der Waals surface area contributed by atoms with E-state index in [0.717, 1.165) is 12.2 Å². The Morgan fingerprint density at radius 1 is 1.50 bits per heavy atom. The van der Waals surface area contributed by atoms with Gasteiger partial charge in [-0.25, -0.2) is 0 Å². The molecule has 4 nitrogen and oxygen atoms in total. The molecular formula is C12H17NO3S2. The molecule has 6 heteroatoms. The summed E-state index contributed by atoms with van der Waals surface area (Å²) in [6, 6.07) is 4.01. The number of amides is 1. The van der Waals surface area contributed by atoms with Crippen molar-refractivity contribution >= 4 is 35.0 Å². The van der Waals surface area contributed by atoms with E-state index in [2.05, 4.69) is 0 Å². The van der Waals surface area contributed by atoms with Gasteiger partial charge < -0.3 is 10.0 Å². The van der Waals surface area contributed by atoms with Gasteiger partial charge in [0.25, 0.3) is 0 Å². The zero-order valence-electron chi connectivity index (χ0n) is 10.3. The van der Waals surface area contributed by atoms with Gasteiger partial charge in [0, 0.05) is 17.2 Å². The van der Waals surface area contributed by atoms with Crippen LogP contribution in [-0.4, -0.2) is 40.7 Å². The Bertz CT molecular complexity index is 379. The second kappa shape index (κ2) is 8.16. The van der Waals surface area contributed by atoms with E-state index in [4.69, 9.17) is 5.11 Å². The molecule has 0 unspecified atom stereocenters. The molecule has 1 aromatic rings. The number of aliphatic carboxylic acids is 1. The first-order valence-electron chi connectivity index (χ1n) is 5.73. The fourth-order valence-corrected chi connectivity index (χ4v) is 3.22. The first-order chi connectivity index (χ1) is 8.63. The summed E-state index contributed by atoms with van der Waals surface area (Å²) < 4.78 is 0. The SMILES string of the molecule is CCCN(CC(=O)O)C(=O)CSCc1cccs1. The number of thioether (sulfide) groups is 1. The van der Waals surface area contributed by atoms with Crippen molar-refractivity contribution in [2.24, 2.45) is 0 Å². The van der Waals surface area contributed by atoms with Gasteiger partial charge in [-0.15, -0.1) is 23.1 Å². The Hall–Kier alpha value is -1.01. The number of nitrogens with zero attached hydrogens (tertiary/aromatic N) is 1. The third-order valence-electron chi connectivity index (χ3n) is 2.22. The molecule has 1 amide bonds. The molecule has 100 valence electrons. The van der Waals surface area contributed by atoms with Gasteiger partial charge in [0.2, 0.25) is 5.91 Å². The predicted octanol–water partition coefficient (Wildman–Crippen LogP) is 2.30. The van der Waals surface area contributed by atoms with Crippen LogP contribution in [0.3, 0.4) is 0 Å². The molecule has 0 bridgehead atoms. The van der Waals surface area contributed by atoms with E-state index >= 15 is 0 Å². The highest BCUT2D eigenvalue weighted by molar-refractivity contribution is 7.99. The fraction of sp³-hybridized carbons (Fsp3) is 0.500. The molecule has 0 spiro atoms. The second-order valence-electron chi connectivity index (χ2n) is 3.78. The van der Waals surface area contributed by atoms with Crippen LogP contribution in [0.1, 0.15) is 18.2 Å². The van der Waals surface area contributed by atoms with Crippen molar-refractivity contribution < 1.29 is 14.7 Å². The summed E-state index contributed by atoms with van der Waals surface area (Å²) in [6.45, 7) is 2.23. The maximum Gasteiger partial charge on any atom is 0.323 e. The molecule has 1 aromatic heterocycles. The van der Waals surface area contributed by atoms with Gasteiger partial charge in [-0.05, 0) is 17.9 Å². The quantitative estimate of drug-likeness (QED) is 0.797. The molecule has 18 heavy (non-hydrogen) atoms. The Balaban J connectivity index is 2.34. The van der Waals surface area contributed by atoms with Gasteiger partial charge in [0.1, 0.15) is 6.54 Å². The molecule has 0 aliphatic rings. The van der Waals surface area contributed by atoms with Crippen LogP contribution in [0.2, 0.25) is 0 Å². The molecule has 0 saturated heterocycles. The summed E-state index contributed by atoms with van der Waals surface area (Å²) >= 11 is 3.19. The maximum atomic E-state index is 11.8. The van der Waals surface area contributed by atoms with Gasteiger partial charge in [0.15, 0.2) is 0 Å². The molecule has 0 saturated carbocycles. The lowest BCUT2D eigenvalue weighted by Gasteiger charge is -2.19. The number of carbonyl (C=O) groups is 2. The Morgan fingerprint density at radius 2 is 2.28 bits per heavy atom. The van der Waals surface area contributed by atoms with Gasteiger partial charge >= 0.3 is 5.97 Å². The number of hydrogen-bond donors (Lipinski definition) is 1. The molecule has 1 heterocycles. The maximum absolute atomic E-state index is 11.8. The summed E-state index contributed by atoms with van der Waals surface area (Å²) in [5.74, 6) is 0.0857. The van der Waals surface area contributed by atoms with Crippen LogP contribution in [0.5, 0.6) is 0 Å². The standard InChI is InChI=1S/C12H17NO3S2/c1-2-5-13(7-12(15)16)11(14)9-17-8-10-4-3-6-18-10/h3-4,6H,2,5,7-9H2,1H3,(H,15,16). The zero-order valence-corrected chi connectivity index (χ0v) is 11.9. The highest BCUT2D eigenvalue weighted by Gasteiger charge is 2.15. The fourth-order valence-electron chi connectivity index (χ4n) is 1.45. The monoisotopic (exact) mass is 287 g/mol. The smallest absolute Gasteiger partial charge is 0.323 e. The summed E-state index contributed by atoms with van der Waals surface area (Å²) in [7, 11) is 0. The van der Waals surface area contributed by atoms with E-state index in [1.54, 1.807) is 11.3 Å². The molecule has 0 aromatic carbocycles. The molecule has 0 aliphatic carbocycles. The van der Waals surface area contributed by atoms with Gasteiger partial charge in [-0.3, -0.25) is 9.59 Å². The molecule has 0 atom stereocenters. The van der Waals surface area contributed by atoms with Crippen molar-refractivity contribution in [1.82, 2.24) is 4.90 Å². The van der Waals surface area contributed by atoms with Crippen molar-refractivity contribution in [3.05, 3.63) is 22.4 Å². The van der Waals surface area contributed by atoms with Crippen molar-refractivity contribution in [1.29, 1.82) is 0 Å². The second-order valence-corrected chi connectivity index (χ2v) is 5.80. The molecule has 0 fully saturated rings. The Kier molecular flexibility index (Phi) is 6.82. The van der Waals surface area contributed by atoms with Crippen molar-refractivity contribution in [3.8, 4) is 0 Å². The van der Waals surface area contributed by atoms with Crippen LogP contribution < -0.4 is 0 Å². The van der Waals surface area contributed by atoms with Gasteiger partial charge in [-0.1, -0.05) is 13.0 Å². The zero-order chi connectivity index (χ0) is 13.4. The Morgan fingerprint density at radius 3 is 2.83 bits per heavy atom. The minimum atomic E-state index is -0.958. The minimum Gasteiger partial charge on any atom is -0.480 e. The lowest BCUT2D eigenvalue weighted by molar-refractivity contribution is -0.143. The van der Waals surface area contributed by atoms with E-state index in [1.807, 2.05) is 24.4 Å². The lowest BCUT2D eigenvalue weighted by atomic mass is 10.4. The van der Waals surface area contributed by atoms with E-state index in [0.29, 0.717) is 12.3 Å². The first kappa shape index (κ1) is 15.0. The number of carboxylic acid groups (broad SMARTS) is 1. The van der Waals surface area contributed by atoms with Crippen molar-refractivity contribution in [2.45, 2.75) is 19.1 Å². The van der Waals surface area contributed by atoms with Crippen LogP contribution in [0.4, 0.5) is 0 Å². The van der Waals surface area contributed by atoms with E-state index in [1.165, 1.54) is 21.5 Å². The van der Waals surface area contributed by atoms with Crippen LogP contribution in [0.25, 0.3) is 0 Å². The minimum absolute atomic E-state index is 0.0965. The number of hydrogen-bond acceptors (Lipinski definition) is 4. The van der Waals surface area contributed by atoms with Crippen LogP contribution in [0.15, 0.2) is 17.5 Å². The molecule has 1 N–H and O–H groups in total. The van der Waals surface area contributed by atoms with Crippen LogP contribution >= 0.6 is 23.1 Å². The molecule has 0 aliphatic heterocycles. The number of rotatable bonds is 8. The average Bonchev–Trinajstić information content (AvgIpc) is 2.81. The first-order valence-corrected chi connectivity index (χ1v) is 7.76. The third-order valence-corrected chi connectivity index (χ3v) is 4.25. The van der Waals surface area contributed by atoms with Gasteiger partial charge in [0.05, 0.1) is 5.75 Å². The van der Waals surface area contributed by atoms with E-state index < -0.39 is 5.97 Å². The number of carbonyl (C=O) groups excluding carboxylic acids is 1. The Labute approximate surface area is 115 Å². The largest absolute Gasteiger partial charge is 0.480 e. The molecule has 1 rings (SSSR count). The number of thiophene rings is 1. The molecule has 0 radical (unpaired) electrons. The summed E-state index contributed by atoms with van der Waals surface area (Å²) in [5.41, 5.74) is 0. The topological polar surface area (TPSA) is 57.6 Å². The summed E-state index contributed by atoms with van der Waals surface area (Å²) in [5, 5.41) is 10.7. The number of carboxylic acids is 1. The lowest BCUT2D eigenvalue weighted by Crippen LogP contribution is -2.37. The highest BCUT2D eigenvalue weighted by atomic mass is 32.2. The van der Waals surface area contributed by atoms with E-state index in [9.17, 15) is 9.59 Å². The summed E-state index contributed by atoms with van der Waals surface area (Å²) in [4.78, 5) is 25.1. The highest BCUT2D eigenvalue weighted by Crippen LogP contribution is 2.17. The van der Waals surface area contributed by atoms with Gasteiger partial charge in [-0.2, -0.15) is 0 Å². The summed E-state index contributed by atoms with van der Waals surface area (Å²) in [6.07, 6.45) is 0.772. The third kappa shape index (κ3) is 5.55. The van der Waals surface area contributed by atoms with E-state index in [-0.39, 0.29) is 12.5 Å². The van der Waals surface area contributed by atoms with Crippen molar-refractivity contribution in [2.75, 3.05) is 18.8 Å².